The number of carbonyl (C=O) groups excluding carboxylic acids is 2. The minimum atomic E-state index is -0.0305. The summed E-state index contributed by atoms with van der Waals surface area (Å²) in [5, 5.41) is 0. The summed E-state index contributed by atoms with van der Waals surface area (Å²) < 4.78 is 5.95. The molecule has 2 aliphatic rings. The fourth-order valence-electron chi connectivity index (χ4n) is 4.50. The lowest BCUT2D eigenvalue weighted by Gasteiger charge is -2.34. The smallest absolute Gasteiger partial charge is 0.245 e. The van der Waals surface area contributed by atoms with E-state index >= 15 is 0 Å². The predicted octanol–water partition coefficient (Wildman–Crippen LogP) is 4.85. The van der Waals surface area contributed by atoms with Crippen LogP contribution in [0.1, 0.15) is 25.7 Å². The number of nitrogens with zero attached hydrogens (tertiary/aromatic N) is 4. The van der Waals surface area contributed by atoms with Gasteiger partial charge in [-0.25, -0.2) is 0 Å². The van der Waals surface area contributed by atoms with Crippen molar-refractivity contribution >= 4 is 29.4 Å². The summed E-state index contributed by atoms with van der Waals surface area (Å²) in [6.07, 6.45) is 15.7. The third-order valence-corrected chi connectivity index (χ3v) is 6.55. The number of amides is 2. The number of aromatic nitrogens is 1. The quantitative estimate of drug-likeness (QED) is 0.386. The summed E-state index contributed by atoms with van der Waals surface area (Å²) in [7, 11) is 1.96. The number of piperidine rings is 1. The number of rotatable bonds is 9. The largest absolute Gasteiger partial charge is 0.458 e. The zero-order valence-electron chi connectivity index (χ0n) is 20.2. The van der Waals surface area contributed by atoms with E-state index in [2.05, 4.69) is 23.7 Å². The van der Waals surface area contributed by atoms with E-state index in [4.69, 9.17) is 4.74 Å². The third-order valence-electron chi connectivity index (χ3n) is 6.55. The monoisotopic (exact) mass is 472 g/mol. The van der Waals surface area contributed by atoms with E-state index < -0.39 is 0 Å². The van der Waals surface area contributed by atoms with Gasteiger partial charge in [0.1, 0.15) is 11.5 Å². The number of allylic oxidation sites excluding steroid dienone is 3. The predicted molar refractivity (Wildman–Crippen MR) is 139 cm³/mol. The number of pyridine rings is 1. The van der Waals surface area contributed by atoms with Gasteiger partial charge in [-0.2, -0.15) is 0 Å². The summed E-state index contributed by atoms with van der Waals surface area (Å²) in [6, 6.07) is 9.76. The molecule has 2 heterocycles. The number of hydrogen-bond acceptors (Lipinski definition) is 5. The molecule has 7 heteroatoms. The van der Waals surface area contributed by atoms with Crippen LogP contribution in [0.5, 0.6) is 5.75 Å². The van der Waals surface area contributed by atoms with Crippen molar-refractivity contribution in [2.24, 2.45) is 5.92 Å². The molecule has 1 aromatic carbocycles. The van der Waals surface area contributed by atoms with Crippen LogP contribution in [-0.2, 0) is 9.59 Å². The molecule has 182 valence electrons. The fraction of sp³-hybridized carbons (Fsp3) is 0.321. The van der Waals surface area contributed by atoms with Crippen LogP contribution in [0.3, 0.4) is 0 Å². The number of hydrogen-bond donors (Lipinski definition) is 0. The second kappa shape index (κ2) is 11.5. The Morgan fingerprint density at radius 2 is 1.94 bits per heavy atom. The standard InChI is InChI=1S/C28H32N4O3/c1-3-28(34)31-17-14-22(15-18-31)20-32(21-33)26-13-16-29-19-27(26)30(2)23-9-11-25(12-10-23)35-24-7-5-4-6-8-24/h3,5,7-13,16,19,21-22H,1,4,6,14-15,17-18,20H2,2H3. The summed E-state index contributed by atoms with van der Waals surface area (Å²) in [6.45, 7) is 5.54. The van der Waals surface area contributed by atoms with Gasteiger partial charge in [-0.1, -0.05) is 12.7 Å². The molecule has 0 saturated carbocycles. The molecule has 0 unspecified atom stereocenters. The Labute approximate surface area is 207 Å². The summed E-state index contributed by atoms with van der Waals surface area (Å²) in [4.78, 5) is 33.9. The Bertz CT molecular complexity index is 1100. The lowest BCUT2D eigenvalue weighted by molar-refractivity contribution is -0.127. The molecule has 1 aromatic heterocycles. The molecule has 0 radical (unpaired) electrons. The van der Waals surface area contributed by atoms with Crippen molar-refractivity contribution in [1.29, 1.82) is 0 Å². The normalized spacial score (nSPS) is 15.8. The van der Waals surface area contributed by atoms with Crippen LogP contribution in [0, 0.1) is 5.92 Å². The molecule has 1 aliphatic heterocycles. The van der Waals surface area contributed by atoms with Crippen molar-refractivity contribution in [2.45, 2.75) is 25.7 Å². The summed E-state index contributed by atoms with van der Waals surface area (Å²) >= 11 is 0. The van der Waals surface area contributed by atoms with E-state index in [0.29, 0.717) is 25.6 Å². The number of ether oxygens (including phenoxy) is 1. The van der Waals surface area contributed by atoms with E-state index in [0.717, 1.165) is 60.7 Å². The molecule has 1 fully saturated rings. The van der Waals surface area contributed by atoms with Crippen LogP contribution in [0.15, 0.2) is 79.4 Å². The molecule has 7 nitrogen and oxygen atoms in total. The number of benzene rings is 1. The van der Waals surface area contributed by atoms with Gasteiger partial charge < -0.3 is 19.4 Å². The zero-order chi connectivity index (χ0) is 24.6. The first kappa shape index (κ1) is 24.3. The van der Waals surface area contributed by atoms with Gasteiger partial charge in [-0.3, -0.25) is 14.6 Å². The number of likely N-dealkylation sites (tertiary alicyclic amines) is 1. The minimum Gasteiger partial charge on any atom is -0.458 e. The zero-order valence-corrected chi connectivity index (χ0v) is 20.2. The van der Waals surface area contributed by atoms with Crippen molar-refractivity contribution in [3.63, 3.8) is 0 Å². The van der Waals surface area contributed by atoms with Crippen LogP contribution in [0.2, 0.25) is 0 Å². The molecule has 2 amide bonds. The van der Waals surface area contributed by atoms with Crippen LogP contribution in [0.25, 0.3) is 0 Å². The topological polar surface area (TPSA) is 66.0 Å². The summed E-state index contributed by atoms with van der Waals surface area (Å²) in [5.41, 5.74) is 2.60. The van der Waals surface area contributed by atoms with Crippen molar-refractivity contribution in [2.75, 3.05) is 36.5 Å². The molecular formula is C28H32N4O3. The van der Waals surface area contributed by atoms with E-state index in [1.165, 1.54) is 6.08 Å². The van der Waals surface area contributed by atoms with Crippen LogP contribution in [-0.4, -0.2) is 48.9 Å². The first-order chi connectivity index (χ1) is 17.1. The van der Waals surface area contributed by atoms with Gasteiger partial charge in [0.25, 0.3) is 0 Å². The number of anilines is 3. The maximum Gasteiger partial charge on any atom is 0.245 e. The van der Waals surface area contributed by atoms with Crippen molar-refractivity contribution in [3.05, 3.63) is 79.4 Å². The van der Waals surface area contributed by atoms with Gasteiger partial charge in [0.15, 0.2) is 0 Å². The Kier molecular flexibility index (Phi) is 7.98. The fourth-order valence-corrected chi connectivity index (χ4v) is 4.50. The highest BCUT2D eigenvalue weighted by Gasteiger charge is 2.24. The molecule has 2 aromatic rings. The highest BCUT2D eigenvalue weighted by atomic mass is 16.5. The first-order valence-corrected chi connectivity index (χ1v) is 12.0. The molecule has 1 saturated heterocycles. The van der Waals surface area contributed by atoms with Gasteiger partial charge in [0, 0.05) is 38.6 Å². The van der Waals surface area contributed by atoms with Crippen LogP contribution >= 0.6 is 0 Å². The summed E-state index contributed by atoms with van der Waals surface area (Å²) in [5.74, 6) is 1.94. The molecule has 0 atom stereocenters. The van der Waals surface area contributed by atoms with Crippen molar-refractivity contribution < 1.29 is 14.3 Å². The molecule has 4 rings (SSSR count). The second-order valence-electron chi connectivity index (χ2n) is 8.84. The Morgan fingerprint density at radius 3 is 2.60 bits per heavy atom. The Hall–Kier alpha value is -3.87. The highest BCUT2D eigenvalue weighted by molar-refractivity contribution is 5.87. The molecular weight excluding hydrogens is 440 g/mol. The average molecular weight is 473 g/mol. The van der Waals surface area contributed by atoms with Crippen LogP contribution < -0.4 is 14.5 Å². The van der Waals surface area contributed by atoms with Gasteiger partial charge in [-0.15, -0.1) is 0 Å². The van der Waals surface area contributed by atoms with E-state index in [9.17, 15) is 9.59 Å². The Balaban J connectivity index is 1.45. The van der Waals surface area contributed by atoms with Gasteiger partial charge in [0.05, 0.1) is 17.6 Å². The maximum absolute atomic E-state index is 12.1. The molecule has 0 N–H and O–H groups in total. The third kappa shape index (κ3) is 5.98. The van der Waals surface area contributed by atoms with Crippen molar-refractivity contribution in [3.8, 4) is 5.75 Å². The lowest BCUT2D eigenvalue weighted by Crippen LogP contribution is -2.41. The first-order valence-electron chi connectivity index (χ1n) is 12.0. The molecule has 35 heavy (non-hydrogen) atoms. The van der Waals surface area contributed by atoms with Crippen LogP contribution in [0.4, 0.5) is 17.1 Å². The second-order valence-corrected chi connectivity index (χ2v) is 8.84. The minimum absolute atomic E-state index is 0.0305. The molecule has 1 aliphatic carbocycles. The Morgan fingerprint density at radius 1 is 1.17 bits per heavy atom. The van der Waals surface area contributed by atoms with E-state index in [1.807, 2.05) is 53.3 Å². The molecule has 0 spiro atoms. The molecule has 0 bridgehead atoms. The van der Waals surface area contributed by atoms with E-state index in [-0.39, 0.29) is 5.91 Å². The average Bonchev–Trinajstić information content (AvgIpc) is 2.92. The van der Waals surface area contributed by atoms with Crippen molar-refractivity contribution in [1.82, 2.24) is 9.88 Å². The van der Waals surface area contributed by atoms with Gasteiger partial charge >= 0.3 is 0 Å². The lowest BCUT2D eigenvalue weighted by atomic mass is 9.96. The van der Waals surface area contributed by atoms with E-state index in [1.54, 1.807) is 17.3 Å². The van der Waals surface area contributed by atoms with Gasteiger partial charge in [0.2, 0.25) is 12.3 Å². The highest BCUT2D eigenvalue weighted by Crippen LogP contribution is 2.34. The maximum atomic E-state index is 12.1. The SMILES string of the molecule is C=CC(=O)N1CCC(CN(C=O)c2ccncc2N(C)c2ccc(OC3=CCCC=C3)cc2)CC1. The van der Waals surface area contributed by atoms with Gasteiger partial charge in [-0.05, 0) is 80.2 Å². The number of carbonyl (C=O) groups is 2.